The molecule has 5 rings (SSSR count). The molecule has 0 unspecified atom stereocenters. The van der Waals surface area contributed by atoms with Crippen LogP contribution in [0.2, 0.25) is 0 Å². The Balaban J connectivity index is 1.31. The molecule has 0 saturated heterocycles. The monoisotopic (exact) mass is 383 g/mol. The highest BCUT2D eigenvalue weighted by molar-refractivity contribution is 5.45. The standard InChI is InChI=1S/C27H29NO/c1-20-6-8-22(9-7-20)27(17-21(2)18-27)23-10-14-26(15-11-23)29-19-25-5-3-4-16-28(25)24-12-13-24/h1,3-11,14-15,21,24H,12-13,16-19H2,2H3. The maximum absolute atomic E-state index is 6.16. The predicted octanol–water partition coefficient (Wildman–Crippen LogP) is 5.76. The van der Waals surface area contributed by atoms with Crippen LogP contribution in [0.15, 0.2) is 72.5 Å². The first-order chi connectivity index (χ1) is 14.1. The highest BCUT2D eigenvalue weighted by atomic mass is 16.5. The molecule has 2 aliphatic carbocycles. The van der Waals surface area contributed by atoms with E-state index in [2.05, 4.69) is 66.4 Å². The molecule has 0 atom stereocenters. The lowest BCUT2D eigenvalue weighted by Crippen LogP contribution is -2.41. The van der Waals surface area contributed by atoms with Crippen molar-refractivity contribution in [1.82, 2.24) is 4.90 Å². The molecule has 148 valence electrons. The fraction of sp³-hybridized carbons (Fsp3) is 0.370. The quantitative estimate of drug-likeness (QED) is 0.629. The van der Waals surface area contributed by atoms with E-state index < -0.39 is 0 Å². The molecule has 1 aliphatic heterocycles. The van der Waals surface area contributed by atoms with Crippen molar-refractivity contribution in [3.8, 4) is 5.75 Å². The van der Waals surface area contributed by atoms with Gasteiger partial charge >= 0.3 is 0 Å². The molecule has 0 N–H and O–H groups in total. The zero-order valence-electron chi connectivity index (χ0n) is 17.2. The van der Waals surface area contributed by atoms with E-state index in [1.54, 1.807) is 0 Å². The van der Waals surface area contributed by atoms with Gasteiger partial charge in [-0.25, -0.2) is 0 Å². The average molecular weight is 384 g/mol. The number of allylic oxidation sites excluding steroid dienone is 2. The summed E-state index contributed by atoms with van der Waals surface area (Å²) < 4.78 is 6.16. The van der Waals surface area contributed by atoms with Crippen LogP contribution in [0.1, 0.15) is 49.3 Å². The predicted molar refractivity (Wildman–Crippen MR) is 118 cm³/mol. The molecular weight excluding hydrogens is 354 g/mol. The van der Waals surface area contributed by atoms with Gasteiger partial charge in [-0.15, -0.1) is 0 Å². The third kappa shape index (κ3) is 3.61. The molecule has 3 aliphatic rings. The minimum atomic E-state index is 0.116. The molecule has 2 radical (unpaired) electrons. The second kappa shape index (κ2) is 7.40. The highest BCUT2D eigenvalue weighted by Crippen LogP contribution is 2.52. The third-order valence-corrected chi connectivity index (χ3v) is 6.73. The number of rotatable bonds is 6. The van der Waals surface area contributed by atoms with Crippen molar-refractivity contribution >= 4 is 0 Å². The van der Waals surface area contributed by atoms with Crippen molar-refractivity contribution < 1.29 is 4.74 Å². The van der Waals surface area contributed by atoms with Crippen molar-refractivity contribution in [2.75, 3.05) is 13.2 Å². The second-order valence-electron chi connectivity index (χ2n) is 9.00. The van der Waals surface area contributed by atoms with E-state index in [0.29, 0.717) is 6.61 Å². The van der Waals surface area contributed by atoms with E-state index in [1.165, 1.54) is 42.5 Å². The maximum atomic E-state index is 6.16. The summed E-state index contributed by atoms with van der Waals surface area (Å²) >= 11 is 0. The number of hydrogen-bond acceptors (Lipinski definition) is 2. The summed E-state index contributed by atoms with van der Waals surface area (Å²) in [6.07, 6.45) is 11.6. The van der Waals surface area contributed by atoms with Gasteiger partial charge in [-0.3, -0.25) is 0 Å². The molecule has 29 heavy (non-hydrogen) atoms. The van der Waals surface area contributed by atoms with Crippen molar-refractivity contribution in [3.63, 3.8) is 0 Å². The van der Waals surface area contributed by atoms with Crippen molar-refractivity contribution in [3.05, 3.63) is 96.1 Å². The molecule has 2 fully saturated rings. The highest BCUT2D eigenvalue weighted by Gasteiger charge is 2.44. The smallest absolute Gasteiger partial charge is 0.128 e. The van der Waals surface area contributed by atoms with Gasteiger partial charge in [-0.2, -0.15) is 0 Å². The maximum Gasteiger partial charge on any atom is 0.128 e. The first-order valence-electron chi connectivity index (χ1n) is 10.9. The van der Waals surface area contributed by atoms with Crippen LogP contribution in [0, 0.1) is 12.8 Å². The van der Waals surface area contributed by atoms with Crippen LogP contribution in [0.3, 0.4) is 0 Å². The van der Waals surface area contributed by atoms with Gasteiger partial charge in [0.15, 0.2) is 0 Å². The number of nitrogens with zero attached hydrogens (tertiary/aromatic N) is 1. The lowest BCUT2D eigenvalue weighted by atomic mass is 9.56. The van der Waals surface area contributed by atoms with Gasteiger partial charge in [0.1, 0.15) is 12.4 Å². The topological polar surface area (TPSA) is 12.5 Å². The van der Waals surface area contributed by atoms with Crippen LogP contribution in [0.4, 0.5) is 0 Å². The fourth-order valence-electron chi connectivity index (χ4n) is 5.06. The molecule has 0 bridgehead atoms. The molecule has 1 heterocycles. The van der Waals surface area contributed by atoms with Crippen LogP contribution >= 0.6 is 0 Å². The van der Waals surface area contributed by atoms with Crippen LogP contribution in [0.5, 0.6) is 5.75 Å². The van der Waals surface area contributed by atoms with Gasteiger partial charge in [-0.05, 0) is 73.4 Å². The third-order valence-electron chi connectivity index (χ3n) is 6.73. The Bertz CT molecular complexity index is 912. The summed E-state index contributed by atoms with van der Waals surface area (Å²) in [6, 6.07) is 17.9. The van der Waals surface area contributed by atoms with Gasteiger partial charge in [0.2, 0.25) is 0 Å². The first-order valence-corrected chi connectivity index (χ1v) is 10.9. The van der Waals surface area contributed by atoms with E-state index in [-0.39, 0.29) is 5.41 Å². The number of ether oxygens (including phenoxy) is 1. The van der Waals surface area contributed by atoms with E-state index in [0.717, 1.165) is 29.8 Å². The van der Waals surface area contributed by atoms with Crippen molar-refractivity contribution in [2.24, 2.45) is 5.92 Å². The second-order valence-corrected chi connectivity index (χ2v) is 9.00. The molecule has 2 aromatic rings. The molecule has 0 aromatic heterocycles. The Labute approximate surface area is 174 Å². The van der Waals surface area contributed by atoms with E-state index in [1.807, 2.05) is 12.1 Å². The number of benzene rings is 2. The normalized spacial score (nSPS) is 26.1. The zero-order chi connectivity index (χ0) is 19.8. The fourth-order valence-corrected chi connectivity index (χ4v) is 5.06. The van der Waals surface area contributed by atoms with Gasteiger partial charge < -0.3 is 9.64 Å². The first kappa shape index (κ1) is 18.5. The van der Waals surface area contributed by atoms with Gasteiger partial charge in [-0.1, -0.05) is 55.5 Å². The van der Waals surface area contributed by atoms with Gasteiger partial charge in [0.05, 0.1) is 5.70 Å². The molecule has 2 aromatic carbocycles. The summed E-state index contributed by atoms with van der Waals surface area (Å²) in [5.41, 5.74) is 4.99. The minimum absolute atomic E-state index is 0.116. The SMILES string of the molecule is [CH]c1ccc(C2(c3ccc(OCC4=CC=CCN4C4CC4)cc3)CC(C)C2)cc1. The van der Waals surface area contributed by atoms with Crippen LogP contribution < -0.4 is 4.74 Å². The summed E-state index contributed by atoms with van der Waals surface area (Å²) in [4.78, 5) is 2.49. The molecule has 2 saturated carbocycles. The van der Waals surface area contributed by atoms with Gasteiger partial charge in [0.25, 0.3) is 0 Å². The molecule has 0 spiro atoms. The average Bonchev–Trinajstić information content (AvgIpc) is 3.56. The zero-order valence-corrected chi connectivity index (χ0v) is 17.2. The Morgan fingerprint density at radius 2 is 1.66 bits per heavy atom. The van der Waals surface area contributed by atoms with E-state index >= 15 is 0 Å². The lowest BCUT2D eigenvalue weighted by molar-refractivity contribution is 0.200. The Kier molecular flexibility index (Phi) is 4.73. The molecular formula is C27H29NO. The summed E-state index contributed by atoms with van der Waals surface area (Å²) in [7, 11) is 0. The minimum Gasteiger partial charge on any atom is -0.487 e. The largest absolute Gasteiger partial charge is 0.487 e. The Morgan fingerprint density at radius 1 is 1.00 bits per heavy atom. The molecule has 0 amide bonds. The van der Waals surface area contributed by atoms with Crippen molar-refractivity contribution in [2.45, 2.75) is 44.1 Å². The van der Waals surface area contributed by atoms with Crippen LogP contribution in [0.25, 0.3) is 0 Å². The van der Waals surface area contributed by atoms with Crippen molar-refractivity contribution in [1.29, 1.82) is 0 Å². The molecule has 2 nitrogen and oxygen atoms in total. The van der Waals surface area contributed by atoms with Crippen LogP contribution in [-0.2, 0) is 5.41 Å². The van der Waals surface area contributed by atoms with Crippen LogP contribution in [-0.4, -0.2) is 24.1 Å². The molecule has 2 heteroatoms. The summed E-state index contributed by atoms with van der Waals surface area (Å²) in [5, 5.41) is 0. The Morgan fingerprint density at radius 3 is 2.28 bits per heavy atom. The summed E-state index contributed by atoms with van der Waals surface area (Å²) in [6.45, 7) is 9.91. The Hall–Kier alpha value is -2.48. The number of hydrogen-bond donors (Lipinski definition) is 0. The lowest BCUT2D eigenvalue weighted by Gasteiger charge is -2.48. The van der Waals surface area contributed by atoms with E-state index in [4.69, 9.17) is 11.7 Å². The summed E-state index contributed by atoms with van der Waals surface area (Å²) in [5.74, 6) is 1.70. The van der Waals surface area contributed by atoms with Gasteiger partial charge in [0, 0.05) is 18.0 Å². The van der Waals surface area contributed by atoms with E-state index in [9.17, 15) is 0 Å².